The summed E-state index contributed by atoms with van der Waals surface area (Å²) in [5, 5.41) is 0. The Kier molecular flexibility index (Phi) is 2.84. The minimum absolute atomic E-state index is 0.377. The van der Waals surface area contributed by atoms with E-state index in [0.717, 1.165) is 17.8 Å². The van der Waals surface area contributed by atoms with Crippen molar-refractivity contribution in [3.63, 3.8) is 0 Å². The summed E-state index contributed by atoms with van der Waals surface area (Å²) >= 11 is 0. The maximum atomic E-state index is 2.58. The molecule has 0 spiro atoms. The Labute approximate surface area is 115 Å². The van der Waals surface area contributed by atoms with Gasteiger partial charge in [-0.2, -0.15) is 0 Å². The van der Waals surface area contributed by atoms with E-state index in [1.807, 2.05) is 0 Å². The third-order valence-electron chi connectivity index (χ3n) is 7.93. The molecule has 2 saturated carbocycles. The molecular formula is C18H34. The molecule has 0 aromatic heterocycles. The molecule has 0 radical (unpaired) electrons. The van der Waals surface area contributed by atoms with Gasteiger partial charge >= 0.3 is 0 Å². The van der Waals surface area contributed by atoms with Gasteiger partial charge in [0.1, 0.15) is 0 Å². The smallest absolute Gasteiger partial charge is 0.0241 e. The predicted octanol–water partition coefficient (Wildman–Crippen LogP) is 5.77. The molecule has 2 aliphatic carbocycles. The molecule has 0 heterocycles. The van der Waals surface area contributed by atoms with Gasteiger partial charge in [0.25, 0.3) is 0 Å². The normalized spacial score (nSPS) is 43.5. The maximum absolute atomic E-state index is 2.58. The second kappa shape index (κ2) is 3.55. The molecule has 0 aliphatic heterocycles. The minimum atomic E-state index is 0.377. The lowest BCUT2D eigenvalue weighted by Crippen LogP contribution is -2.50. The molecule has 0 aromatic rings. The van der Waals surface area contributed by atoms with E-state index in [-0.39, 0.29) is 0 Å². The molecule has 4 unspecified atom stereocenters. The highest BCUT2D eigenvalue weighted by Gasteiger charge is 2.66. The zero-order chi connectivity index (χ0) is 14.1. The third kappa shape index (κ3) is 1.63. The second-order valence-electron chi connectivity index (χ2n) is 9.67. The summed E-state index contributed by atoms with van der Waals surface area (Å²) in [7, 11) is 0. The van der Waals surface area contributed by atoms with Crippen molar-refractivity contribution in [2.24, 2.45) is 39.4 Å². The molecule has 0 amide bonds. The van der Waals surface area contributed by atoms with Crippen LogP contribution in [0.5, 0.6) is 0 Å². The first-order valence-corrected chi connectivity index (χ1v) is 7.86. The fourth-order valence-corrected chi connectivity index (χ4v) is 4.76. The van der Waals surface area contributed by atoms with Crippen molar-refractivity contribution in [2.75, 3.05) is 0 Å². The van der Waals surface area contributed by atoms with Crippen LogP contribution in [0, 0.1) is 39.4 Å². The van der Waals surface area contributed by atoms with Gasteiger partial charge in [-0.15, -0.1) is 0 Å². The van der Waals surface area contributed by atoms with E-state index in [9.17, 15) is 0 Å². The van der Waals surface area contributed by atoms with Gasteiger partial charge in [0.15, 0.2) is 0 Å². The first kappa shape index (κ1) is 14.4. The van der Waals surface area contributed by atoms with Gasteiger partial charge in [0.2, 0.25) is 0 Å². The van der Waals surface area contributed by atoms with Crippen LogP contribution < -0.4 is 0 Å². The first-order chi connectivity index (χ1) is 7.86. The van der Waals surface area contributed by atoms with Gasteiger partial charge in [-0.3, -0.25) is 0 Å². The van der Waals surface area contributed by atoms with Crippen LogP contribution in [0.1, 0.15) is 75.2 Å². The van der Waals surface area contributed by atoms with Crippen LogP contribution in [-0.4, -0.2) is 0 Å². The van der Waals surface area contributed by atoms with Gasteiger partial charge in [-0.1, -0.05) is 62.3 Å². The van der Waals surface area contributed by atoms with Gasteiger partial charge in [-0.25, -0.2) is 0 Å². The Bertz CT molecular complexity index is 342. The Morgan fingerprint density at radius 1 is 0.889 bits per heavy atom. The summed E-state index contributed by atoms with van der Waals surface area (Å²) in [6, 6.07) is 0. The van der Waals surface area contributed by atoms with Crippen molar-refractivity contribution in [2.45, 2.75) is 75.2 Å². The van der Waals surface area contributed by atoms with Gasteiger partial charge in [0.05, 0.1) is 0 Å². The van der Waals surface area contributed by atoms with Gasteiger partial charge in [0, 0.05) is 0 Å². The second-order valence-corrected chi connectivity index (χ2v) is 9.67. The monoisotopic (exact) mass is 250 g/mol. The lowest BCUT2D eigenvalue weighted by molar-refractivity contribution is -0.0819. The molecule has 0 saturated heterocycles. The van der Waals surface area contributed by atoms with Crippen LogP contribution in [-0.2, 0) is 0 Å². The van der Waals surface area contributed by atoms with Crippen molar-refractivity contribution in [1.29, 1.82) is 0 Å². The molecular weight excluding hydrogens is 216 g/mol. The quantitative estimate of drug-likeness (QED) is 0.554. The van der Waals surface area contributed by atoms with Crippen LogP contribution in [0.4, 0.5) is 0 Å². The van der Waals surface area contributed by atoms with Crippen LogP contribution in [0.25, 0.3) is 0 Å². The molecule has 0 aromatic carbocycles. The third-order valence-corrected chi connectivity index (χ3v) is 7.93. The summed E-state index contributed by atoms with van der Waals surface area (Å²) < 4.78 is 0. The maximum Gasteiger partial charge on any atom is -0.0241 e. The summed E-state index contributed by atoms with van der Waals surface area (Å²) in [5.41, 5.74) is 1.88. The molecule has 0 heteroatoms. The van der Waals surface area contributed by atoms with Crippen LogP contribution >= 0.6 is 0 Å². The average Bonchev–Trinajstić information content (AvgIpc) is 2.67. The van der Waals surface area contributed by atoms with E-state index in [2.05, 4.69) is 62.3 Å². The summed E-state index contributed by atoms with van der Waals surface area (Å²) in [4.78, 5) is 0. The SMILES string of the molecule is CC1CC2C(CC1(C)C(C)(C)C(C)(C)C)C2(C)C. The topological polar surface area (TPSA) is 0 Å². The van der Waals surface area contributed by atoms with Crippen LogP contribution in [0.3, 0.4) is 0 Å². The van der Waals surface area contributed by atoms with E-state index in [4.69, 9.17) is 0 Å². The van der Waals surface area contributed by atoms with E-state index < -0.39 is 0 Å². The summed E-state index contributed by atoms with van der Waals surface area (Å²) in [6.07, 6.45) is 2.89. The highest BCUT2D eigenvalue weighted by molar-refractivity contribution is 5.14. The largest absolute Gasteiger partial charge is 0.0620 e. The zero-order valence-corrected chi connectivity index (χ0v) is 14.1. The van der Waals surface area contributed by atoms with Crippen molar-refractivity contribution in [1.82, 2.24) is 0 Å². The molecule has 18 heavy (non-hydrogen) atoms. The molecule has 106 valence electrons. The fraction of sp³-hybridized carbons (Fsp3) is 1.00. The lowest BCUT2D eigenvalue weighted by atomic mass is 9.48. The predicted molar refractivity (Wildman–Crippen MR) is 80.5 cm³/mol. The Morgan fingerprint density at radius 2 is 1.39 bits per heavy atom. The van der Waals surface area contributed by atoms with Crippen molar-refractivity contribution >= 4 is 0 Å². The van der Waals surface area contributed by atoms with E-state index in [0.29, 0.717) is 21.7 Å². The molecule has 0 bridgehead atoms. The van der Waals surface area contributed by atoms with E-state index in [1.165, 1.54) is 12.8 Å². The number of hydrogen-bond donors (Lipinski definition) is 0. The van der Waals surface area contributed by atoms with Crippen molar-refractivity contribution < 1.29 is 0 Å². The average molecular weight is 250 g/mol. The number of hydrogen-bond acceptors (Lipinski definition) is 0. The molecule has 2 fully saturated rings. The fourth-order valence-electron chi connectivity index (χ4n) is 4.76. The Hall–Kier alpha value is 0. The van der Waals surface area contributed by atoms with Gasteiger partial charge < -0.3 is 0 Å². The Balaban J connectivity index is 2.32. The van der Waals surface area contributed by atoms with Crippen molar-refractivity contribution in [3.05, 3.63) is 0 Å². The van der Waals surface area contributed by atoms with Crippen molar-refractivity contribution in [3.8, 4) is 0 Å². The zero-order valence-electron chi connectivity index (χ0n) is 14.1. The van der Waals surface area contributed by atoms with Crippen LogP contribution in [0.15, 0.2) is 0 Å². The van der Waals surface area contributed by atoms with Crippen LogP contribution in [0.2, 0.25) is 0 Å². The molecule has 0 nitrogen and oxygen atoms in total. The minimum Gasteiger partial charge on any atom is -0.0620 e. The van der Waals surface area contributed by atoms with E-state index >= 15 is 0 Å². The standard InChI is InChI=1S/C18H34/c1-12-10-13-14(16(13,5)6)11-18(12,9)17(7,8)15(2,3)4/h12-14H,10-11H2,1-9H3. The highest BCUT2D eigenvalue weighted by atomic mass is 14.7. The number of rotatable bonds is 1. The first-order valence-electron chi connectivity index (χ1n) is 7.86. The summed E-state index contributed by atoms with van der Waals surface area (Å²) in [6.45, 7) is 22.4. The molecule has 4 atom stereocenters. The van der Waals surface area contributed by atoms with E-state index in [1.54, 1.807) is 0 Å². The molecule has 0 N–H and O–H groups in total. The van der Waals surface area contributed by atoms with Gasteiger partial charge in [-0.05, 0) is 52.3 Å². The summed E-state index contributed by atoms with van der Waals surface area (Å²) in [5.74, 6) is 2.85. The molecule has 2 aliphatic rings. The lowest BCUT2D eigenvalue weighted by Gasteiger charge is -2.57. The highest BCUT2D eigenvalue weighted by Crippen LogP contribution is 2.73. The Morgan fingerprint density at radius 3 is 1.83 bits per heavy atom. The molecule has 2 rings (SSSR count). The number of fused-ring (bicyclic) bond motifs is 1.